The minimum Gasteiger partial charge on any atom is -0.360 e. The second-order valence-corrected chi connectivity index (χ2v) is 7.01. The highest BCUT2D eigenvalue weighted by atomic mass is 32.2. The number of thioether (sulfide) groups is 1. The summed E-state index contributed by atoms with van der Waals surface area (Å²) in [5.41, 5.74) is 3.11. The molecular formula is C15H19N3OS2. The van der Waals surface area contributed by atoms with Gasteiger partial charge in [0.05, 0.1) is 5.75 Å². The van der Waals surface area contributed by atoms with E-state index in [4.69, 9.17) is 0 Å². The molecule has 0 fully saturated rings. The largest absolute Gasteiger partial charge is 0.360 e. The highest BCUT2D eigenvalue weighted by Crippen LogP contribution is 2.26. The van der Waals surface area contributed by atoms with Gasteiger partial charge in [0.2, 0.25) is 5.13 Å². The number of anilines is 1. The molecule has 4 nitrogen and oxygen atoms in total. The zero-order chi connectivity index (χ0) is 15.2. The van der Waals surface area contributed by atoms with Gasteiger partial charge in [-0.05, 0) is 37.5 Å². The normalized spacial score (nSPS) is 10.6. The Balaban J connectivity index is 1.91. The number of nitrogens with zero attached hydrogens (tertiary/aromatic N) is 2. The number of nitrogens with one attached hydrogen (secondary N) is 1. The fourth-order valence-corrected chi connectivity index (χ4v) is 3.37. The van der Waals surface area contributed by atoms with Crippen molar-refractivity contribution in [3.8, 4) is 0 Å². The molecule has 2 rings (SSSR count). The van der Waals surface area contributed by atoms with Crippen LogP contribution in [0, 0.1) is 13.8 Å². The molecule has 0 saturated carbocycles. The highest BCUT2D eigenvalue weighted by Gasteiger charge is 2.10. The molecule has 1 aromatic carbocycles. The first kappa shape index (κ1) is 16.0. The molecule has 21 heavy (non-hydrogen) atoms. The van der Waals surface area contributed by atoms with E-state index in [1.165, 1.54) is 28.7 Å². The number of carbonyl (C=O) groups excluding carboxylic acids is 1. The zero-order valence-corrected chi connectivity index (χ0v) is 14.1. The molecule has 0 atom stereocenters. The lowest BCUT2D eigenvalue weighted by Crippen LogP contribution is -2.03. The molecule has 2 aromatic rings. The molecule has 0 radical (unpaired) electrons. The van der Waals surface area contributed by atoms with E-state index in [1.54, 1.807) is 0 Å². The summed E-state index contributed by atoms with van der Waals surface area (Å²) in [7, 11) is 0. The van der Waals surface area contributed by atoms with E-state index in [9.17, 15) is 4.79 Å². The Kier molecular flexibility index (Phi) is 5.76. The van der Waals surface area contributed by atoms with Crippen molar-refractivity contribution >= 4 is 34.0 Å². The van der Waals surface area contributed by atoms with Crippen LogP contribution in [-0.2, 0) is 0 Å². The topological polar surface area (TPSA) is 54.9 Å². The van der Waals surface area contributed by atoms with Crippen molar-refractivity contribution in [1.82, 2.24) is 10.2 Å². The number of benzene rings is 1. The van der Waals surface area contributed by atoms with Gasteiger partial charge in [0.25, 0.3) is 0 Å². The molecule has 1 N–H and O–H groups in total. The smallest absolute Gasteiger partial charge is 0.206 e. The molecule has 0 bridgehead atoms. The average Bonchev–Trinajstić information content (AvgIpc) is 2.93. The number of hydrogen-bond acceptors (Lipinski definition) is 6. The van der Waals surface area contributed by atoms with Gasteiger partial charge in [-0.1, -0.05) is 42.2 Å². The summed E-state index contributed by atoms with van der Waals surface area (Å²) in [4.78, 5) is 12.2. The van der Waals surface area contributed by atoms with Crippen LogP contribution in [0.25, 0.3) is 0 Å². The van der Waals surface area contributed by atoms with Crippen molar-refractivity contribution in [2.75, 3.05) is 17.6 Å². The Hall–Kier alpha value is -1.40. The van der Waals surface area contributed by atoms with Gasteiger partial charge in [0.1, 0.15) is 0 Å². The van der Waals surface area contributed by atoms with Crippen molar-refractivity contribution in [2.45, 2.75) is 31.5 Å². The van der Waals surface area contributed by atoms with Crippen molar-refractivity contribution < 1.29 is 4.79 Å². The molecule has 0 saturated heterocycles. The van der Waals surface area contributed by atoms with Crippen molar-refractivity contribution in [3.05, 3.63) is 34.9 Å². The van der Waals surface area contributed by atoms with Crippen molar-refractivity contribution in [1.29, 1.82) is 0 Å². The van der Waals surface area contributed by atoms with Gasteiger partial charge >= 0.3 is 0 Å². The van der Waals surface area contributed by atoms with Crippen LogP contribution in [0.4, 0.5) is 5.13 Å². The summed E-state index contributed by atoms with van der Waals surface area (Å²) in [6.45, 7) is 7.06. The third-order valence-corrected chi connectivity index (χ3v) is 5.10. The van der Waals surface area contributed by atoms with E-state index in [0.29, 0.717) is 5.75 Å². The summed E-state index contributed by atoms with van der Waals surface area (Å²) < 4.78 is 0.825. The first-order chi connectivity index (χ1) is 10.1. The zero-order valence-electron chi connectivity index (χ0n) is 12.5. The van der Waals surface area contributed by atoms with Crippen LogP contribution < -0.4 is 5.32 Å². The number of Topliss-reactive ketones (excluding diaryl/α,β-unsaturated/α-hetero) is 1. The average molecular weight is 321 g/mol. The predicted molar refractivity (Wildman–Crippen MR) is 89.7 cm³/mol. The second kappa shape index (κ2) is 7.56. The van der Waals surface area contributed by atoms with Gasteiger partial charge in [0, 0.05) is 12.1 Å². The molecular weight excluding hydrogens is 302 g/mol. The maximum absolute atomic E-state index is 12.2. The van der Waals surface area contributed by atoms with Crippen LogP contribution in [0.3, 0.4) is 0 Å². The van der Waals surface area contributed by atoms with Gasteiger partial charge in [-0.15, -0.1) is 10.2 Å². The third-order valence-electron chi connectivity index (χ3n) is 3.09. The summed E-state index contributed by atoms with van der Waals surface area (Å²) in [6.07, 6.45) is 1.05. The Bertz CT molecular complexity index is 625. The fourth-order valence-electron chi connectivity index (χ4n) is 1.70. The van der Waals surface area contributed by atoms with Crippen LogP contribution in [-0.4, -0.2) is 28.3 Å². The number of aromatic nitrogens is 2. The Morgan fingerprint density at radius 2 is 2.10 bits per heavy atom. The maximum Gasteiger partial charge on any atom is 0.206 e. The first-order valence-corrected chi connectivity index (χ1v) is 8.71. The van der Waals surface area contributed by atoms with Crippen LogP contribution >= 0.6 is 23.1 Å². The summed E-state index contributed by atoms with van der Waals surface area (Å²) in [5.74, 6) is 0.520. The van der Waals surface area contributed by atoms with Gasteiger partial charge in [-0.3, -0.25) is 4.79 Å². The lowest BCUT2D eigenvalue weighted by Gasteiger charge is -2.03. The molecule has 6 heteroatoms. The quantitative estimate of drug-likeness (QED) is 0.618. The van der Waals surface area contributed by atoms with Crippen LogP contribution in [0.5, 0.6) is 0 Å². The summed E-state index contributed by atoms with van der Waals surface area (Å²) in [5, 5.41) is 12.2. The highest BCUT2D eigenvalue weighted by molar-refractivity contribution is 8.01. The summed E-state index contributed by atoms with van der Waals surface area (Å²) >= 11 is 2.94. The molecule has 0 aliphatic rings. The molecule has 1 heterocycles. The molecule has 0 aliphatic carbocycles. The van der Waals surface area contributed by atoms with Gasteiger partial charge < -0.3 is 5.32 Å². The minimum absolute atomic E-state index is 0.126. The van der Waals surface area contributed by atoms with Crippen LogP contribution in [0.2, 0.25) is 0 Å². The van der Waals surface area contributed by atoms with E-state index < -0.39 is 0 Å². The van der Waals surface area contributed by atoms with Crippen LogP contribution in [0.1, 0.15) is 34.8 Å². The van der Waals surface area contributed by atoms with Gasteiger partial charge in [-0.25, -0.2) is 0 Å². The van der Waals surface area contributed by atoms with E-state index >= 15 is 0 Å². The monoisotopic (exact) mass is 321 g/mol. The number of carbonyl (C=O) groups is 1. The molecule has 0 spiro atoms. The lowest BCUT2D eigenvalue weighted by atomic mass is 10.0. The van der Waals surface area contributed by atoms with Crippen molar-refractivity contribution in [3.63, 3.8) is 0 Å². The number of hydrogen-bond donors (Lipinski definition) is 1. The molecule has 0 aliphatic heterocycles. The lowest BCUT2D eigenvalue weighted by molar-refractivity contribution is 0.102. The Morgan fingerprint density at radius 3 is 2.81 bits per heavy atom. The predicted octanol–water partition coefficient (Wildman–Crippen LogP) is 3.95. The molecule has 1 aromatic heterocycles. The Labute approximate surface area is 133 Å². The van der Waals surface area contributed by atoms with E-state index in [0.717, 1.165) is 33.6 Å². The number of ketones is 1. The third kappa shape index (κ3) is 4.54. The number of rotatable bonds is 7. The van der Waals surface area contributed by atoms with E-state index in [2.05, 4.69) is 22.4 Å². The summed E-state index contributed by atoms with van der Waals surface area (Å²) in [6, 6.07) is 5.83. The second-order valence-electron chi connectivity index (χ2n) is 4.81. The van der Waals surface area contributed by atoms with E-state index in [1.807, 2.05) is 32.0 Å². The Morgan fingerprint density at radius 1 is 1.29 bits per heavy atom. The maximum atomic E-state index is 12.2. The molecule has 112 valence electrons. The standard InChI is InChI=1S/C15H19N3OS2/c1-4-7-16-14-17-18-15(21-14)20-9-13(19)12-6-5-10(2)11(3)8-12/h5-6,8H,4,7,9H2,1-3H3,(H,16,17). The van der Waals surface area contributed by atoms with E-state index in [-0.39, 0.29) is 5.78 Å². The van der Waals surface area contributed by atoms with Crippen LogP contribution in [0.15, 0.2) is 22.5 Å². The molecule has 0 unspecified atom stereocenters. The van der Waals surface area contributed by atoms with Crippen molar-refractivity contribution in [2.24, 2.45) is 0 Å². The fraction of sp³-hybridized carbons (Fsp3) is 0.400. The van der Waals surface area contributed by atoms with Gasteiger partial charge in [-0.2, -0.15) is 0 Å². The number of aryl methyl sites for hydroxylation is 2. The molecule has 0 amide bonds. The SMILES string of the molecule is CCCNc1nnc(SCC(=O)c2ccc(C)c(C)c2)s1. The first-order valence-electron chi connectivity index (χ1n) is 6.90. The minimum atomic E-state index is 0.126. The van der Waals surface area contributed by atoms with Gasteiger partial charge in [0.15, 0.2) is 10.1 Å².